The first kappa shape index (κ1) is 10.8. The van der Waals surface area contributed by atoms with Gasteiger partial charge in [-0.2, -0.15) is 4.98 Å². The molecule has 3 rings (SSSR count). The van der Waals surface area contributed by atoms with Gasteiger partial charge in [0, 0.05) is 11.8 Å². The molecule has 6 nitrogen and oxygen atoms in total. The topological polar surface area (TPSA) is 68.2 Å². The van der Waals surface area contributed by atoms with Crippen molar-refractivity contribution in [1.82, 2.24) is 19.8 Å². The van der Waals surface area contributed by atoms with Crippen LogP contribution in [-0.4, -0.2) is 19.8 Å². The van der Waals surface area contributed by atoms with E-state index in [1.807, 2.05) is 38.1 Å². The summed E-state index contributed by atoms with van der Waals surface area (Å²) in [4.78, 5) is 4.37. The van der Waals surface area contributed by atoms with Gasteiger partial charge in [-0.25, -0.2) is 4.52 Å². The van der Waals surface area contributed by atoms with Crippen LogP contribution in [0.15, 0.2) is 28.8 Å². The molecule has 0 atom stereocenters. The van der Waals surface area contributed by atoms with E-state index < -0.39 is 0 Å². The first-order valence-corrected chi connectivity index (χ1v) is 5.71. The lowest BCUT2D eigenvalue weighted by Gasteiger charge is -1.96. The van der Waals surface area contributed by atoms with E-state index >= 15 is 0 Å². The number of hydrogen-bond acceptors (Lipinski definition) is 5. The quantitative estimate of drug-likeness (QED) is 0.761. The summed E-state index contributed by atoms with van der Waals surface area (Å²) < 4.78 is 6.91. The molecule has 0 aliphatic carbocycles. The number of nitrogens with zero attached hydrogens (tertiary/aromatic N) is 4. The number of fused-ring (bicyclic) bond motifs is 1. The third-order valence-corrected chi connectivity index (χ3v) is 2.65. The molecular formula is C12H13N5O. The summed E-state index contributed by atoms with van der Waals surface area (Å²) in [5.41, 5.74) is 2.74. The zero-order valence-corrected chi connectivity index (χ0v) is 10.2. The van der Waals surface area contributed by atoms with Crippen LogP contribution in [0.4, 0.5) is 5.95 Å². The van der Waals surface area contributed by atoms with Crippen molar-refractivity contribution in [3.8, 4) is 0 Å². The SMILES string of the molecule is Cc1cc(CNc2nc3cccc(C)n3n2)on1. The van der Waals surface area contributed by atoms with Gasteiger partial charge in [0.2, 0.25) is 5.95 Å². The first-order valence-electron chi connectivity index (χ1n) is 5.71. The summed E-state index contributed by atoms with van der Waals surface area (Å²) in [6, 6.07) is 7.76. The lowest BCUT2D eigenvalue weighted by Crippen LogP contribution is -2.00. The summed E-state index contributed by atoms with van der Waals surface area (Å²) in [5.74, 6) is 1.35. The largest absolute Gasteiger partial charge is 0.359 e. The fraction of sp³-hybridized carbons (Fsp3) is 0.250. The molecule has 3 aromatic heterocycles. The molecule has 0 amide bonds. The van der Waals surface area contributed by atoms with Crippen LogP contribution in [0.2, 0.25) is 0 Å². The van der Waals surface area contributed by atoms with E-state index in [0.717, 1.165) is 22.8 Å². The van der Waals surface area contributed by atoms with Gasteiger partial charge in [0.1, 0.15) is 0 Å². The molecule has 0 aromatic carbocycles. The smallest absolute Gasteiger partial charge is 0.243 e. The molecule has 0 aliphatic rings. The molecule has 18 heavy (non-hydrogen) atoms. The van der Waals surface area contributed by atoms with E-state index in [-0.39, 0.29) is 0 Å². The summed E-state index contributed by atoms with van der Waals surface area (Å²) in [5, 5.41) is 11.3. The molecule has 0 saturated heterocycles. The highest BCUT2D eigenvalue weighted by molar-refractivity contribution is 5.44. The van der Waals surface area contributed by atoms with E-state index in [2.05, 4.69) is 20.6 Å². The van der Waals surface area contributed by atoms with Crippen molar-refractivity contribution in [2.24, 2.45) is 0 Å². The fourth-order valence-corrected chi connectivity index (χ4v) is 1.78. The summed E-state index contributed by atoms with van der Waals surface area (Å²) in [6.45, 7) is 4.40. The van der Waals surface area contributed by atoms with Gasteiger partial charge in [0.05, 0.1) is 12.2 Å². The minimum Gasteiger partial charge on any atom is -0.359 e. The third kappa shape index (κ3) is 1.92. The maximum atomic E-state index is 5.11. The Morgan fingerprint density at radius 3 is 2.94 bits per heavy atom. The highest BCUT2D eigenvalue weighted by atomic mass is 16.5. The molecular weight excluding hydrogens is 230 g/mol. The maximum absolute atomic E-state index is 5.11. The van der Waals surface area contributed by atoms with Crippen LogP contribution < -0.4 is 5.32 Å². The summed E-state index contributed by atoms with van der Waals surface area (Å²) in [6.07, 6.45) is 0. The van der Waals surface area contributed by atoms with Crippen LogP contribution in [0.25, 0.3) is 5.65 Å². The summed E-state index contributed by atoms with van der Waals surface area (Å²) in [7, 11) is 0. The number of pyridine rings is 1. The van der Waals surface area contributed by atoms with Gasteiger partial charge in [0.25, 0.3) is 0 Å². The Labute approximate surface area is 104 Å². The molecule has 0 unspecified atom stereocenters. The van der Waals surface area contributed by atoms with Crippen LogP contribution in [0.5, 0.6) is 0 Å². The zero-order chi connectivity index (χ0) is 12.5. The Morgan fingerprint density at radius 2 is 2.22 bits per heavy atom. The molecule has 3 aromatic rings. The Hall–Kier alpha value is -2.37. The van der Waals surface area contributed by atoms with Crippen LogP contribution >= 0.6 is 0 Å². The van der Waals surface area contributed by atoms with Gasteiger partial charge >= 0.3 is 0 Å². The maximum Gasteiger partial charge on any atom is 0.243 e. The molecule has 3 heterocycles. The van der Waals surface area contributed by atoms with Crippen LogP contribution in [0, 0.1) is 13.8 Å². The zero-order valence-electron chi connectivity index (χ0n) is 10.2. The Bertz CT molecular complexity index is 685. The number of anilines is 1. The lowest BCUT2D eigenvalue weighted by atomic mass is 10.4. The second-order valence-electron chi connectivity index (χ2n) is 4.16. The van der Waals surface area contributed by atoms with Gasteiger partial charge in [-0.05, 0) is 26.0 Å². The average Bonchev–Trinajstić information content (AvgIpc) is 2.93. The van der Waals surface area contributed by atoms with E-state index in [9.17, 15) is 0 Å². The van der Waals surface area contributed by atoms with E-state index in [0.29, 0.717) is 12.5 Å². The molecule has 1 N–H and O–H groups in total. The highest BCUT2D eigenvalue weighted by Crippen LogP contribution is 2.09. The molecule has 0 bridgehead atoms. The van der Waals surface area contributed by atoms with E-state index in [1.165, 1.54) is 0 Å². The van der Waals surface area contributed by atoms with E-state index in [4.69, 9.17) is 4.52 Å². The highest BCUT2D eigenvalue weighted by Gasteiger charge is 2.06. The van der Waals surface area contributed by atoms with Gasteiger partial charge in [-0.1, -0.05) is 11.2 Å². The van der Waals surface area contributed by atoms with Crippen LogP contribution in [-0.2, 0) is 6.54 Å². The van der Waals surface area contributed by atoms with Crippen LogP contribution in [0.3, 0.4) is 0 Å². The number of nitrogens with one attached hydrogen (secondary N) is 1. The molecule has 6 heteroatoms. The molecule has 92 valence electrons. The van der Waals surface area contributed by atoms with Crippen molar-refractivity contribution in [1.29, 1.82) is 0 Å². The van der Waals surface area contributed by atoms with Gasteiger partial charge in [0.15, 0.2) is 11.4 Å². The minimum absolute atomic E-state index is 0.525. The van der Waals surface area contributed by atoms with Crippen molar-refractivity contribution < 1.29 is 4.52 Å². The molecule has 0 radical (unpaired) electrons. The lowest BCUT2D eigenvalue weighted by molar-refractivity contribution is 0.384. The molecule has 0 fully saturated rings. The van der Waals surface area contributed by atoms with Gasteiger partial charge < -0.3 is 9.84 Å². The number of hydrogen-bond donors (Lipinski definition) is 1. The minimum atomic E-state index is 0.525. The normalized spacial score (nSPS) is 11.0. The predicted molar refractivity (Wildman–Crippen MR) is 66.3 cm³/mol. The number of aromatic nitrogens is 4. The van der Waals surface area contributed by atoms with Crippen molar-refractivity contribution in [3.63, 3.8) is 0 Å². The standard InChI is InChI=1S/C12H13N5O/c1-8-6-10(18-16-8)7-13-12-14-11-5-3-4-9(2)17(11)15-12/h3-6H,7H2,1-2H3,(H,13,15). The van der Waals surface area contributed by atoms with E-state index in [1.54, 1.807) is 4.52 Å². The Kier molecular flexibility index (Phi) is 2.47. The van der Waals surface area contributed by atoms with Crippen molar-refractivity contribution in [2.45, 2.75) is 20.4 Å². The average molecular weight is 243 g/mol. The fourth-order valence-electron chi connectivity index (χ4n) is 1.78. The number of rotatable bonds is 3. The van der Waals surface area contributed by atoms with Gasteiger partial charge in [-0.3, -0.25) is 0 Å². The molecule has 0 spiro atoms. The van der Waals surface area contributed by atoms with Gasteiger partial charge in [-0.15, -0.1) is 5.10 Å². The first-order chi connectivity index (χ1) is 8.72. The second-order valence-corrected chi connectivity index (χ2v) is 4.16. The third-order valence-electron chi connectivity index (χ3n) is 2.65. The predicted octanol–water partition coefficient (Wildman–Crippen LogP) is 1.95. The molecule has 0 aliphatic heterocycles. The van der Waals surface area contributed by atoms with Crippen molar-refractivity contribution in [3.05, 3.63) is 41.4 Å². The monoisotopic (exact) mass is 243 g/mol. The summed E-state index contributed by atoms with van der Waals surface area (Å²) >= 11 is 0. The second kappa shape index (κ2) is 4.14. The van der Waals surface area contributed by atoms with Crippen molar-refractivity contribution >= 4 is 11.6 Å². The number of aryl methyl sites for hydroxylation is 2. The molecule has 0 saturated carbocycles. The Morgan fingerprint density at radius 1 is 1.33 bits per heavy atom. The van der Waals surface area contributed by atoms with Crippen molar-refractivity contribution in [2.75, 3.05) is 5.32 Å². The van der Waals surface area contributed by atoms with Crippen LogP contribution in [0.1, 0.15) is 17.1 Å². The Balaban J connectivity index is 1.81.